The summed E-state index contributed by atoms with van der Waals surface area (Å²) in [5.41, 5.74) is 3.54. The zero-order valence-electron chi connectivity index (χ0n) is 15.3. The third-order valence-electron chi connectivity index (χ3n) is 4.53. The molecule has 0 unspecified atom stereocenters. The van der Waals surface area contributed by atoms with Gasteiger partial charge in [0.25, 0.3) is 0 Å². The van der Waals surface area contributed by atoms with Gasteiger partial charge in [0.2, 0.25) is 5.91 Å². The number of morpholine rings is 1. The first-order chi connectivity index (χ1) is 13.7. The zero-order chi connectivity index (χ0) is 19.3. The van der Waals surface area contributed by atoms with Gasteiger partial charge in [-0.2, -0.15) is 0 Å². The Morgan fingerprint density at radius 3 is 2.71 bits per heavy atom. The van der Waals surface area contributed by atoms with E-state index in [9.17, 15) is 9.90 Å². The maximum absolute atomic E-state index is 12.3. The number of thiazole rings is 1. The van der Waals surface area contributed by atoms with Crippen molar-refractivity contribution in [3.05, 3.63) is 53.9 Å². The Morgan fingerprint density at radius 1 is 1.14 bits per heavy atom. The van der Waals surface area contributed by atoms with Gasteiger partial charge in [-0.05, 0) is 36.4 Å². The highest BCUT2D eigenvalue weighted by Crippen LogP contribution is 2.30. The van der Waals surface area contributed by atoms with Gasteiger partial charge in [0, 0.05) is 35.3 Å². The molecular weight excluding hydrogens is 374 g/mol. The SMILES string of the molecule is O=C(CN1CCOCC1)Nc1cccc(-c2nc(-c3ccc(O)cc3)cs2)c1. The Kier molecular flexibility index (Phi) is 5.66. The number of anilines is 1. The highest BCUT2D eigenvalue weighted by atomic mass is 32.1. The fourth-order valence-corrected chi connectivity index (χ4v) is 3.89. The molecule has 6 nitrogen and oxygen atoms in total. The number of phenols is 1. The van der Waals surface area contributed by atoms with Gasteiger partial charge < -0.3 is 15.2 Å². The molecular formula is C21H21N3O3S. The standard InChI is InChI=1S/C21H21N3O3S/c25-18-6-4-15(5-7-18)19-14-28-21(23-19)16-2-1-3-17(12-16)22-20(26)13-24-8-10-27-11-9-24/h1-7,12,14,25H,8-11,13H2,(H,22,26). The second-order valence-corrected chi connectivity index (χ2v) is 7.46. The molecule has 0 atom stereocenters. The van der Waals surface area contributed by atoms with Crippen LogP contribution in [0.1, 0.15) is 0 Å². The minimum atomic E-state index is -0.0250. The van der Waals surface area contributed by atoms with Gasteiger partial charge in [-0.3, -0.25) is 9.69 Å². The van der Waals surface area contributed by atoms with Gasteiger partial charge in [0.15, 0.2) is 0 Å². The summed E-state index contributed by atoms with van der Waals surface area (Å²) in [6, 6.07) is 14.7. The number of hydrogen-bond acceptors (Lipinski definition) is 6. The molecule has 0 spiro atoms. The van der Waals surface area contributed by atoms with E-state index in [1.165, 1.54) is 0 Å². The van der Waals surface area contributed by atoms with E-state index in [-0.39, 0.29) is 11.7 Å². The summed E-state index contributed by atoms with van der Waals surface area (Å²) in [4.78, 5) is 19.1. The van der Waals surface area contributed by atoms with Crippen molar-refractivity contribution in [1.82, 2.24) is 9.88 Å². The summed E-state index contributed by atoms with van der Waals surface area (Å²) < 4.78 is 5.31. The third kappa shape index (κ3) is 4.56. The van der Waals surface area contributed by atoms with Crippen LogP contribution >= 0.6 is 11.3 Å². The van der Waals surface area contributed by atoms with Gasteiger partial charge in [0.05, 0.1) is 25.5 Å². The van der Waals surface area contributed by atoms with Gasteiger partial charge >= 0.3 is 0 Å². The molecule has 1 aliphatic heterocycles. The summed E-state index contributed by atoms with van der Waals surface area (Å²) in [5, 5.41) is 15.3. The largest absolute Gasteiger partial charge is 0.508 e. The van der Waals surface area contributed by atoms with Gasteiger partial charge in [0.1, 0.15) is 10.8 Å². The predicted molar refractivity (Wildman–Crippen MR) is 111 cm³/mol. The van der Waals surface area contributed by atoms with Gasteiger partial charge in [-0.25, -0.2) is 4.98 Å². The van der Waals surface area contributed by atoms with E-state index in [4.69, 9.17) is 9.72 Å². The number of nitrogens with one attached hydrogen (secondary N) is 1. The van der Waals surface area contributed by atoms with Crippen molar-refractivity contribution >= 4 is 22.9 Å². The molecule has 2 aromatic carbocycles. The van der Waals surface area contributed by atoms with Gasteiger partial charge in [-0.1, -0.05) is 12.1 Å². The molecule has 1 amide bonds. The maximum Gasteiger partial charge on any atom is 0.238 e. The number of hydrogen-bond donors (Lipinski definition) is 2. The monoisotopic (exact) mass is 395 g/mol. The van der Waals surface area contributed by atoms with E-state index >= 15 is 0 Å². The van der Waals surface area contributed by atoms with Crippen molar-refractivity contribution < 1.29 is 14.6 Å². The number of aromatic nitrogens is 1. The molecule has 1 saturated heterocycles. The van der Waals surface area contributed by atoms with Crippen LogP contribution in [-0.2, 0) is 9.53 Å². The van der Waals surface area contributed by atoms with Gasteiger partial charge in [-0.15, -0.1) is 11.3 Å². The predicted octanol–water partition coefficient (Wildman–Crippen LogP) is 3.45. The minimum Gasteiger partial charge on any atom is -0.508 e. The second-order valence-electron chi connectivity index (χ2n) is 6.60. The van der Waals surface area contributed by atoms with E-state index in [2.05, 4.69) is 10.2 Å². The smallest absolute Gasteiger partial charge is 0.238 e. The molecule has 2 heterocycles. The lowest BCUT2D eigenvalue weighted by atomic mass is 10.1. The van der Waals surface area contributed by atoms with Crippen LogP contribution in [-0.4, -0.2) is 53.7 Å². The average Bonchev–Trinajstić information content (AvgIpc) is 3.20. The van der Waals surface area contributed by atoms with Crippen molar-refractivity contribution in [2.45, 2.75) is 0 Å². The van der Waals surface area contributed by atoms with Crippen LogP contribution in [0, 0.1) is 0 Å². The molecule has 7 heteroatoms. The Bertz CT molecular complexity index is 950. The van der Waals surface area contributed by atoms with Crippen molar-refractivity contribution in [2.24, 2.45) is 0 Å². The molecule has 0 radical (unpaired) electrons. The minimum absolute atomic E-state index is 0.0250. The molecule has 2 N–H and O–H groups in total. The second kappa shape index (κ2) is 8.52. The average molecular weight is 395 g/mol. The summed E-state index contributed by atoms with van der Waals surface area (Å²) in [6.45, 7) is 3.29. The Labute approximate surface area is 167 Å². The molecule has 1 aliphatic rings. The van der Waals surface area contributed by atoms with Crippen LogP contribution < -0.4 is 5.32 Å². The molecule has 0 saturated carbocycles. The topological polar surface area (TPSA) is 74.7 Å². The fraction of sp³-hybridized carbons (Fsp3) is 0.238. The normalized spacial score (nSPS) is 14.7. The van der Waals surface area contributed by atoms with Crippen LogP contribution in [0.3, 0.4) is 0 Å². The van der Waals surface area contributed by atoms with Crippen molar-refractivity contribution in [1.29, 1.82) is 0 Å². The maximum atomic E-state index is 12.3. The summed E-state index contributed by atoms with van der Waals surface area (Å²) in [7, 11) is 0. The molecule has 28 heavy (non-hydrogen) atoms. The zero-order valence-corrected chi connectivity index (χ0v) is 16.1. The highest BCUT2D eigenvalue weighted by molar-refractivity contribution is 7.13. The molecule has 3 aromatic rings. The van der Waals surface area contributed by atoms with E-state index in [0.717, 1.165) is 40.6 Å². The molecule has 144 valence electrons. The molecule has 1 fully saturated rings. The fourth-order valence-electron chi connectivity index (χ4n) is 3.06. The van der Waals surface area contributed by atoms with E-state index < -0.39 is 0 Å². The van der Waals surface area contributed by atoms with Crippen LogP contribution in [0.15, 0.2) is 53.9 Å². The first-order valence-electron chi connectivity index (χ1n) is 9.13. The number of ether oxygens (including phenoxy) is 1. The van der Waals surface area contributed by atoms with Crippen LogP contribution in [0.4, 0.5) is 5.69 Å². The van der Waals surface area contributed by atoms with Crippen LogP contribution in [0.5, 0.6) is 5.75 Å². The number of phenolic OH excluding ortho intramolecular Hbond substituents is 1. The number of carbonyl (C=O) groups is 1. The van der Waals surface area contributed by atoms with E-state index in [1.54, 1.807) is 23.5 Å². The number of benzene rings is 2. The van der Waals surface area contributed by atoms with E-state index in [0.29, 0.717) is 19.8 Å². The molecule has 0 aliphatic carbocycles. The number of carbonyl (C=O) groups excluding carboxylic acids is 1. The van der Waals surface area contributed by atoms with Crippen molar-refractivity contribution in [3.8, 4) is 27.6 Å². The number of aromatic hydroxyl groups is 1. The lowest BCUT2D eigenvalue weighted by molar-refractivity contribution is -0.118. The third-order valence-corrected chi connectivity index (χ3v) is 5.42. The molecule has 4 rings (SSSR count). The van der Waals surface area contributed by atoms with Crippen LogP contribution in [0.25, 0.3) is 21.8 Å². The Morgan fingerprint density at radius 2 is 1.93 bits per heavy atom. The van der Waals surface area contributed by atoms with E-state index in [1.807, 2.05) is 41.8 Å². The molecule has 0 bridgehead atoms. The Balaban J connectivity index is 1.45. The summed E-state index contributed by atoms with van der Waals surface area (Å²) in [5.74, 6) is 0.211. The number of amides is 1. The molecule has 1 aromatic heterocycles. The lowest BCUT2D eigenvalue weighted by Crippen LogP contribution is -2.41. The Hall–Kier alpha value is -2.74. The summed E-state index contributed by atoms with van der Waals surface area (Å²) in [6.07, 6.45) is 0. The first kappa shape index (κ1) is 18.6. The lowest BCUT2D eigenvalue weighted by Gasteiger charge is -2.25. The number of nitrogens with zero attached hydrogens (tertiary/aromatic N) is 2. The first-order valence-corrected chi connectivity index (χ1v) is 10.0. The number of rotatable bonds is 5. The van der Waals surface area contributed by atoms with Crippen molar-refractivity contribution in [2.75, 3.05) is 38.2 Å². The summed E-state index contributed by atoms with van der Waals surface area (Å²) >= 11 is 1.55. The quantitative estimate of drug-likeness (QED) is 0.692. The highest BCUT2D eigenvalue weighted by Gasteiger charge is 2.14. The van der Waals surface area contributed by atoms with Crippen LogP contribution in [0.2, 0.25) is 0 Å². The van der Waals surface area contributed by atoms with Crippen molar-refractivity contribution in [3.63, 3.8) is 0 Å².